The van der Waals surface area contributed by atoms with Crippen LogP contribution in [0.15, 0.2) is 35.8 Å². The Balaban J connectivity index is 1.64. The predicted octanol–water partition coefficient (Wildman–Crippen LogP) is 1.36. The molecular weight excluding hydrogens is 274 g/mol. The largest absolute Gasteiger partial charge is 0.494 e. The van der Waals surface area contributed by atoms with Crippen molar-refractivity contribution in [3.63, 3.8) is 0 Å². The summed E-state index contributed by atoms with van der Waals surface area (Å²) >= 11 is 0. The number of hydrogen-bond donors (Lipinski definition) is 2. The molecule has 0 spiro atoms. The number of hydrogen-bond acceptors (Lipinski definition) is 6. The normalized spacial score (nSPS) is 36.2. The van der Waals surface area contributed by atoms with Crippen LogP contribution in [0, 0.1) is 0 Å². The minimum atomic E-state index is -0.647. The molecular formula is C15H21NO5. The number of aliphatic hydroxyl groups is 1. The van der Waals surface area contributed by atoms with Crippen LogP contribution in [-0.2, 0) is 18.9 Å². The Morgan fingerprint density at radius 2 is 1.95 bits per heavy atom. The number of methoxy groups -OCH3 is 1. The van der Waals surface area contributed by atoms with Crippen molar-refractivity contribution in [2.24, 2.45) is 0 Å². The molecule has 0 radical (unpaired) electrons. The van der Waals surface area contributed by atoms with E-state index in [4.69, 9.17) is 18.9 Å². The molecule has 1 aliphatic carbocycles. The molecule has 6 heteroatoms. The van der Waals surface area contributed by atoms with Gasteiger partial charge in [0.2, 0.25) is 0 Å². The highest BCUT2D eigenvalue weighted by molar-refractivity contribution is 5.41. The minimum Gasteiger partial charge on any atom is -0.494 e. The van der Waals surface area contributed by atoms with Crippen molar-refractivity contribution in [3.05, 3.63) is 35.8 Å². The topological polar surface area (TPSA) is 69.2 Å². The van der Waals surface area contributed by atoms with Crippen LogP contribution in [0.1, 0.15) is 13.8 Å². The van der Waals surface area contributed by atoms with Crippen LogP contribution in [0.25, 0.3) is 0 Å². The van der Waals surface area contributed by atoms with Crippen LogP contribution in [0.5, 0.6) is 0 Å². The Labute approximate surface area is 124 Å². The van der Waals surface area contributed by atoms with Gasteiger partial charge in [0.05, 0.1) is 0 Å². The highest BCUT2D eigenvalue weighted by atomic mass is 16.8. The van der Waals surface area contributed by atoms with Crippen molar-refractivity contribution in [3.8, 4) is 0 Å². The number of fused-ring (bicyclic) bond motifs is 1. The van der Waals surface area contributed by atoms with Gasteiger partial charge in [0.15, 0.2) is 18.0 Å². The molecule has 3 rings (SSSR count). The van der Waals surface area contributed by atoms with E-state index in [0.29, 0.717) is 6.54 Å². The van der Waals surface area contributed by atoms with Crippen molar-refractivity contribution in [1.82, 2.24) is 5.32 Å². The van der Waals surface area contributed by atoms with E-state index in [-0.39, 0.29) is 24.2 Å². The number of rotatable bonds is 4. The fourth-order valence-electron chi connectivity index (χ4n) is 2.83. The van der Waals surface area contributed by atoms with E-state index in [1.54, 1.807) is 7.11 Å². The van der Waals surface area contributed by atoms with E-state index < -0.39 is 12.1 Å². The molecule has 116 valence electrons. The second-order valence-electron chi connectivity index (χ2n) is 5.75. The summed E-state index contributed by atoms with van der Waals surface area (Å²) in [7, 11) is 1.58. The highest BCUT2D eigenvalue weighted by Crippen LogP contribution is 2.38. The van der Waals surface area contributed by atoms with E-state index in [9.17, 15) is 5.11 Å². The summed E-state index contributed by atoms with van der Waals surface area (Å²) in [6.45, 7) is 4.16. The third kappa shape index (κ3) is 2.85. The monoisotopic (exact) mass is 295 g/mol. The average Bonchev–Trinajstić information content (AvgIpc) is 3.11. The smallest absolute Gasteiger partial charge is 0.191 e. The third-order valence-electron chi connectivity index (χ3n) is 3.75. The van der Waals surface area contributed by atoms with Crippen LogP contribution >= 0.6 is 0 Å². The molecule has 0 aromatic carbocycles. The quantitative estimate of drug-likeness (QED) is 0.763. The molecule has 6 nitrogen and oxygen atoms in total. The predicted molar refractivity (Wildman–Crippen MR) is 75.4 cm³/mol. The van der Waals surface area contributed by atoms with Gasteiger partial charge in [-0.25, -0.2) is 0 Å². The molecule has 4 atom stereocenters. The first-order chi connectivity index (χ1) is 10.00. The standard InChI is InChI=1S/C15H21NO5/c1-15(2)20-11-10(19-14(18-3)12(11)21-15)8-16-13(17)9-6-4-5-7-9/h4-7,10-12,14,16-17H,8H2,1-3H3/t10-,11-,12-,14-/m1/s1. The molecule has 3 aliphatic rings. The zero-order valence-electron chi connectivity index (χ0n) is 12.4. The van der Waals surface area contributed by atoms with Crippen molar-refractivity contribution in [1.29, 1.82) is 0 Å². The van der Waals surface area contributed by atoms with E-state index >= 15 is 0 Å². The van der Waals surface area contributed by atoms with Gasteiger partial charge in [0.1, 0.15) is 18.3 Å². The van der Waals surface area contributed by atoms with Gasteiger partial charge in [-0.1, -0.05) is 12.2 Å². The summed E-state index contributed by atoms with van der Waals surface area (Å²) in [5, 5.41) is 13.0. The zero-order valence-corrected chi connectivity index (χ0v) is 12.4. The van der Waals surface area contributed by atoms with Gasteiger partial charge in [-0.05, 0) is 26.0 Å². The fraction of sp³-hybridized carbons (Fsp3) is 0.600. The molecule has 0 aromatic heterocycles. The molecule has 2 aliphatic heterocycles. The molecule has 0 aromatic rings. The first-order valence-electron chi connectivity index (χ1n) is 7.06. The maximum absolute atomic E-state index is 9.98. The first-order valence-corrected chi connectivity index (χ1v) is 7.06. The lowest BCUT2D eigenvalue weighted by molar-refractivity contribution is -0.226. The Kier molecular flexibility index (Phi) is 3.79. The molecule has 21 heavy (non-hydrogen) atoms. The zero-order chi connectivity index (χ0) is 15.0. The molecule has 2 heterocycles. The third-order valence-corrected chi connectivity index (χ3v) is 3.75. The molecule has 0 unspecified atom stereocenters. The van der Waals surface area contributed by atoms with Gasteiger partial charge in [0.25, 0.3) is 0 Å². The fourth-order valence-corrected chi connectivity index (χ4v) is 2.83. The lowest BCUT2D eigenvalue weighted by Gasteiger charge is -2.23. The van der Waals surface area contributed by atoms with Gasteiger partial charge in [0, 0.05) is 19.2 Å². The second kappa shape index (κ2) is 5.46. The van der Waals surface area contributed by atoms with Crippen LogP contribution in [0.2, 0.25) is 0 Å². The van der Waals surface area contributed by atoms with Gasteiger partial charge in [-0.15, -0.1) is 0 Å². The molecule has 0 bridgehead atoms. The van der Waals surface area contributed by atoms with Crippen LogP contribution in [0.4, 0.5) is 0 Å². The van der Waals surface area contributed by atoms with Crippen LogP contribution in [0.3, 0.4) is 0 Å². The van der Waals surface area contributed by atoms with Crippen molar-refractivity contribution in [2.75, 3.05) is 13.7 Å². The van der Waals surface area contributed by atoms with Crippen LogP contribution in [-0.4, -0.2) is 49.2 Å². The Hall–Kier alpha value is -1.34. The molecule has 2 saturated heterocycles. The van der Waals surface area contributed by atoms with Crippen LogP contribution < -0.4 is 5.32 Å². The molecule has 0 saturated carbocycles. The summed E-state index contributed by atoms with van der Waals surface area (Å²) in [5.74, 6) is -0.523. The first kappa shape index (κ1) is 14.6. The summed E-state index contributed by atoms with van der Waals surface area (Å²) in [5.41, 5.74) is 0.747. The number of ether oxygens (including phenoxy) is 4. The van der Waals surface area contributed by atoms with Crippen molar-refractivity contribution in [2.45, 2.75) is 44.2 Å². The number of aliphatic hydroxyl groups excluding tert-OH is 1. The molecule has 0 amide bonds. The van der Waals surface area contributed by atoms with Gasteiger partial charge >= 0.3 is 0 Å². The number of nitrogens with one attached hydrogen (secondary N) is 1. The summed E-state index contributed by atoms with van der Waals surface area (Å²) in [4.78, 5) is 0. The Morgan fingerprint density at radius 3 is 2.62 bits per heavy atom. The maximum Gasteiger partial charge on any atom is 0.191 e. The summed E-state index contributed by atoms with van der Waals surface area (Å²) < 4.78 is 22.8. The minimum absolute atomic E-state index is 0.124. The SMILES string of the molecule is CO[C@@H]1O[C@H](CNC(O)=C2C=CC=C2)[C@H]2OC(C)(C)O[C@@H]12. The van der Waals surface area contributed by atoms with E-state index in [1.807, 2.05) is 38.2 Å². The Morgan fingerprint density at radius 1 is 1.29 bits per heavy atom. The van der Waals surface area contributed by atoms with E-state index in [0.717, 1.165) is 5.57 Å². The highest BCUT2D eigenvalue weighted by Gasteiger charge is 2.55. The van der Waals surface area contributed by atoms with Crippen molar-refractivity contribution < 1.29 is 24.1 Å². The van der Waals surface area contributed by atoms with Gasteiger partial charge in [-0.3, -0.25) is 0 Å². The van der Waals surface area contributed by atoms with E-state index in [1.165, 1.54) is 0 Å². The summed E-state index contributed by atoms with van der Waals surface area (Å²) in [6.07, 6.45) is 6.22. The molecule has 2 fully saturated rings. The van der Waals surface area contributed by atoms with Gasteiger partial charge in [-0.2, -0.15) is 0 Å². The summed E-state index contributed by atoms with van der Waals surface area (Å²) in [6, 6.07) is 0. The number of allylic oxidation sites excluding steroid dienone is 5. The second-order valence-corrected chi connectivity index (χ2v) is 5.75. The average molecular weight is 295 g/mol. The lowest BCUT2D eigenvalue weighted by atomic mass is 10.1. The Bertz CT molecular complexity index is 482. The molecule has 2 N–H and O–H groups in total. The lowest BCUT2D eigenvalue weighted by Crippen LogP contribution is -2.37. The van der Waals surface area contributed by atoms with E-state index in [2.05, 4.69) is 5.32 Å². The van der Waals surface area contributed by atoms with Crippen molar-refractivity contribution >= 4 is 0 Å². The van der Waals surface area contributed by atoms with Gasteiger partial charge < -0.3 is 29.4 Å². The maximum atomic E-state index is 9.98.